The SMILES string of the molecule is O=C(NCc1ccc(F)cc1)[C@@H]1CN2CC[C@H]1C[C@@H]2Cn1cc(C2(O)CCCC2)nn1. The van der Waals surface area contributed by atoms with Crippen molar-refractivity contribution < 1.29 is 14.3 Å². The zero-order chi connectivity index (χ0) is 21.4. The molecular formula is C23H30FN5O2. The number of carbonyl (C=O) groups excluding carboxylic acids is 1. The van der Waals surface area contributed by atoms with Crippen LogP contribution in [0.3, 0.4) is 0 Å². The molecule has 4 atom stereocenters. The molecule has 4 aliphatic rings. The van der Waals surface area contributed by atoms with Crippen LogP contribution < -0.4 is 5.32 Å². The highest BCUT2D eigenvalue weighted by Gasteiger charge is 2.43. The van der Waals surface area contributed by atoms with E-state index in [-0.39, 0.29) is 17.6 Å². The van der Waals surface area contributed by atoms with E-state index in [1.54, 1.807) is 12.1 Å². The normalized spacial score (nSPS) is 29.2. The Balaban J connectivity index is 1.17. The third-order valence-electron chi connectivity index (χ3n) is 7.44. The van der Waals surface area contributed by atoms with Gasteiger partial charge in [0.1, 0.15) is 17.1 Å². The largest absolute Gasteiger partial charge is 0.383 e. The average Bonchev–Trinajstić information content (AvgIpc) is 3.44. The van der Waals surface area contributed by atoms with Crippen LogP contribution in [0, 0.1) is 17.7 Å². The van der Waals surface area contributed by atoms with Gasteiger partial charge >= 0.3 is 0 Å². The molecule has 3 saturated heterocycles. The minimum absolute atomic E-state index is 0.00374. The van der Waals surface area contributed by atoms with Crippen LogP contribution >= 0.6 is 0 Å². The number of aliphatic hydroxyl groups is 1. The van der Waals surface area contributed by atoms with Gasteiger partial charge in [0, 0.05) is 19.1 Å². The molecule has 1 aromatic heterocycles. The van der Waals surface area contributed by atoms with Gasteiger partial charge in [0.05, 0.1) is 18.7 Å². The predicted molar refractivity (Wildman–Crippen MR) is 112 cm³/mol. The van der Waals surface area contributed by atoms with Crippen LogP contribution in [-0.2, 0) is 23.5 Å². The van der Waals surface area contributed by atoms with Crippen LogP contribution in [0.5, 0.6) is 0 Å². The summed E-state index contributed by atoms with van der Waals surface area (Å²) >= 11 is 0. The Bertz CT molecular complexity index is 924. The van der Waals surface area contributed by atoms with Gasteiger partial charge in [0.15, 0.2) is 0 Å². The maximum absolute atomic E-state index is 13.1. The molecule has 4 fully saturated rings. The number of benzene rings is 1. The lowest BCUT2D eigenvalue weighted by molar-refractivity contribution is -0.133. The summed E-state index contributed by atoms with van der Waals surface area (Å²) in [7, 11) is 0. The number of fused-ring (bicyclic) bond motifs is 3. The van der Waals surface area contributed by atoms with Crippen molar-refractivity contribution in [1.29, 1.82) is 0 Å². The number of rotatable bonds is 6. The third kappa shape index (κ3) is 4.23. The summed E-state index contributed by atoms with van der Waals surface area (Å²) in [6, 6.07) is 6.59. The molecule has 3 aliphatic heterocycles. The first-order valence-corrected chi connectivity index (χ1v) is 11.4. The van der Waals surface area contributed by atoms with Gasteiger partial charge in [-0.05, 0) is 55.8 Å². The molecule has 2 aromatic rings. The summed E-state index contributed by atoms with van der Waals surface area (Å²) in [5.41, 5.74) is 0.788. The molecule has 8 heteroatoms. The van der Waals surface area contributed by atoms with Crippen LogP contribution in [-0.4, -0.2) is 50.0 Å². The molecule has 1 aliphatic carbocycles. The molecule has 31 heavy (non-hydrogen) atoms. The molecule has 2 bridgehead atoms. The summed E-state index contributed by atoms with van der Waals surface area (Å²) in [6.07, 6.45) is 7.50. The Kier molecular flexibility index (Phi) is 5.52. The second-order valence-corrected chi connectivity index (χ2v) is 9.45. The summed E-state index contributed by atoms with van der Waals surface area (Å²) in [4.78, 5) is 15.2. The number of amides is 1. The van der Waals surface area contributed by atoms with Gasteiger partial charge < -0.3 is 10.4 Å². The van der Waals surface area contributed by atoms with Crippen molar-refractivity contribution in [1.82, 2.24) is 25.2 Å². The number of aromatic nitrogens is 3. The highest BCUT2D eigenvalue weighted by molar-refractivity contribution is 5.79. The quantitative estimate of drug-likeness (QED) is 0.739. The first-order valence-electron chi connectivity index (χ1n) is 11.4. The third-order valence-corrected chi connectivity index (χ3v) is 7.44. The minimum atomic E-state index is -0.808. The first kappa shape index (κ1) is 20.6. The lowest BCUT2D eigenvalue weighted by Gasteiger charge is -2.49. The first-order chi connectivity index (χ1) is 15.0. The van der Waals surface area contributed by atoms with Crippen molar-refractivity contribution in [2.45, 2.75) is 63.3 Å². The van der Waals surface area contributed by atoms with Crippen molar-refractivity contribution in [2.24, 2.45) is 11.8 Å². The number of piperidine rings is 3. The maximum atomic E-state index is 13.1. The summed E-state index contributed by atoms with van der Waals surface area (Å²) in [5, 5.41) is 22.3. The molecular weight excluding hydrogens is 397 g/mol. The number of hydrogen-bond donors (Lipinski definition) is 2. The van der Waals surface area contributed by atoms with E-state index in [0.29, 0.717) is 24.2 Å². The number of carbonyl (C=O) groups is 1. The maximum Gasteiger partial charge on any atom is 0.224 e. The van der Waals surface area contributed by atoms with Crippen LogP contribution in [0.25, 0.3) is 0 Å². The van der Waals surface area contributed by atoms with E-state index >= 15 is 0 Å². The molecule has 1 unspecified atom stereocenters. The van der Waals surface area contributed by atoms with E-state index in [1.165, 1.54) is 12.1 Å². The average molecular weight is 428 g/mol. The van der Waals surface area contributed by atoms with E-state index in [0.717, 1.165) is 63.7 Å². The molecule has 1 saturated carbocycles. The summed E-state index contributed by atoms with van der Waals surface area (Å²) in [6.45, 7) is 2.93. The summed E-state index contributed by atoms with van der Waals surface area (Å²) in [5.74, 6) is 0.181. The van der Waals surface area contributed by atoms with Crippen LogP contribution in [0.1, 0.15) is 49.8 Å². The Morgan fingerprint density at radius 1 is 1.26 bits per heavy atom. The highest BCUT2D eigenvalue weighted by atomic mass is 19.1. The Morgan fingerprint density at radius 2 is 2.03 bits per heavy atom. The van der Waals surface area contributed by atoms with E-state index < -0.39 is 5.60 Å². The Morgan fingerprint density at radius 3 is 2.74 bits per heavy atom. The van der Waals surface area contributed by atoms with Crippen LogP contribution in [0.15, 0.2) is 30.5 Å². The second kappa shape index (κ2) is 8.31. The lowest BCUT2D eigenvalue weighted by Crippen LogP contribution is -2.58. The standard InChI is InChI=1S/C23H30FN5O2/c24-18-5-3-16(4-6-18)12-25-22(30)20-14-28-10-7-17(20)11-19(28)13-29-15-21(26-27-29)23(31)8-1-2-9-23/h3-6,15,17,19-20,31H,1-2,7-14H2,(H,25,30)/t17-,19+,20+/m0/s1. The van der Waals surface area contributed by atoms with Gasteiger partial charge in [-0.3, -0.25) is 14.4 Å². The van der Waals surface area contributed by atoms with Gasteiger partial charge in [-0.25, -0.2) is 4.39 Å². The van der Waals surface area contributed by atoms with Gasteiger partial charge in [-0.2, -0.15) is 0 Å². The van der Waals surface area contributed by atoms with Crippen molar-refractivity contribution in [3.8, 4) is 0 Å². The Hall–Kier alpha value is -2.32. The molecule has 166 valence electrons. The van der Waals surface area contributed by atoms with E-state index in [1.807, 2.05) is 10.9 Å². The fourth-order valence-electron chi connectivity index (χ4n) is 5.58. The molecule has 7 nitrogen and oxygen atoms in total. The van der Waals surface area contributed by atoms with Crippen molar-refractivity contribution in [3.63, 3.8) is 0 Å². The van der Waals surface area contributed by atoms with Crippen molar-refractivity contribution in [3.05, 3.63) is 47.5 Å². The van der Waals surface area contributed by atoms with Gasteiger partial charge in [0.2, 0.25) is 5.91 Å². The van der Waals surface area contributed by atoms with Crippen LogP contribution in [0.2, 0.25) is 0 Å². The monoisotopic (exact) mass is 427 g/mol. The minimum Gasteiger partial charge on any atom is -0.383 e. The van der Waals surface area contributed by atoms with Crippen LogP contribution in [0.4, 0.5) is 4.39 Å². The zero-order valence-electron chi connectivity index (χ0n) is 17.7. The number of nitrogens with zero attached hydrogens (tertiary/aromatic N) is 4. The smallest absolute Gasteiger partial charge is 0.224 e. The van der Waals surface area contributed by atoms with Gasteiger partial charge in [-0.15, -0.1) is 5.10 Å². The topological polar surface area (TPSA) is 83.3 Å². The summed E-state index contributed by atoms with van der Waals surface area (Å²) < 4.78 is 14.9. The fraction of sp³-hybridized carbons (Fsp3) is 0.609. The molecule has 4 heterocycles. The molecule has 6 rings (SSSR count). The molecule has 2 N–H and O–H groups in total. The highest BCUT2D eigenvalue weighted by Crippen LogP contribution is 2.39. The predicted octanol–water partition coefficient (Wildman–Crippen LogP) is 2.21. The molecule has 1 aromatic carbocycles. The lowest BCUT2D eigenvalue weighted by atomic mass is 9.75. The molecule has 0 spiro atoms. The van der Waals surface area contributed by atoms with E-state index in [9.17, 15) is 14.3 Å². The van der Waals surface area contributed by atoms with Crippen molar-refractivity contribution in [2.75, 3.05) is 13.1 Å². The number of nitrogens with one attached hydrogen (secondary N) is 1. The zero-order valence-corrected chi connectivity index (χ0v) is 17.7. The van der Waals surface area contributed by atoms with E-state index in [2.05, 4.69) is 20.5 Å². The Labute approximate surface area is 181 Å². The molecule has 1 amide bonds. The number of halogens is 1. The van der Waals surface area contributed by atoms with Crippen molar-refractivity contribution >= 4 is 5.91 Å². The van der Waals surface area contributed by atoms with Gasteiger partial charge in [0.25, 0.3) is 0 Å². The van der Waals surface area contributed by atoms with Gasteiger partial charge in [-0.1, -0.05) is 30.2 Å². The number of hydrogen-bond acceptors (Lipinski definition) is 5. The molecule has 0 radical (unpaired) electrons. The second-order valence-electron chi connectivity index (χ2n) is 9.45. The van der Waals surface area contributed by atoms with E-state index in [4.69, 9.17) is 0 Å². The fourth-order valence-corrected chi connectivity index (χ4v) is 5.58.